The molecule has 0 atom stereocenters. The SMILES string of the molecule is C#CCCCCNC(=O)Cc1ccccc1OC. The van der Waals surface area contributed by atoms with Crippen molar-refractivity contribution in [2.75, 3.05) is 13.7 Å². The van der Waals surface area contributed by atoms with E-state index < -0.39 is 0 Å². The first-order valence-corrected chi connectivity index (χ1v) is 6.10. The lowest BCUT2D eigenvalue weighted by atomic mass is 10.1. The number of ether oxygens (including phenoxy) is 1. The van der Waals surface area contributed by atoms with E-state index in [0.717, 1.165) is 30.6 Å². The van der Waals surface area contributed by atoms with Gasteiger partial charge >= 0.3 is 0 Å². The van der Waals surface area contributed by atoms with Gasteiger partial charge in [-0.3, -0.25) is 4.79 Å². The maximum atomic E-state index is 11.7. The number of hydrogen-bond donors (Lipinski definition) is 1. The molecule has 1 amide bonds. The number of nitrogens with one attached hydrogen (secondary N) is 1. The number of methoxy groups -OCH3 is 1. The molecule has 1 N–H and O–H groups in total. The van der Waals surface area contributed by atoms with Crippen LogP contribution < -0.4 is 10.1 Å². The molecule has 0 saturated heterocycles. The van der Waals surface area contributed by atoms with Crippen LogP contribution in [0.4, 0.5) is 0 Å². The van der Waals surface area contributed by atoms with Crippen molar-refractivity contribution in [3.63, 3.8) is 0 Å². The quantitative estimate of drug-likeness (QED) is 0.590. The Bertz CT molecular complexity index is 421. The van der Waals surface area contributed by atoms with Crippen LogP contribution in [-0.2, 0) is 11.2 Å². The van der Waals surface area contributed by atoms with E-state index in [1.807, 2.05) is 24.3 Å². The third-order valence-electron chi connectivity index (χ3n) is 2.61. The Labute approximate surface area is 109 Å². The van der Waals surface area contributed by atoms with E-state index in [0.29, 0.717) is 13.0 Å². The number of rotatable bonds is 7. The molecule has 1 rings (SSSR count). The van der Waals surface area contributed by atoms with Crippen molar-refractivity contribution in [2.24, 2.45) is 0 Å². The number of para-hydroxylation sites is 1. The molecular formula is C15H19NO2. The van der Waals surface area contributed by atoms with E-state index in [1.54, 1.807) is 7.11 Å². The summed E-state index contributed by atoms with van der Waals surface area (Å²) in [5, 5.41) is 2.88. The summed E-state index contributed by atoms with van der Waals surface area (Å²) in [4.78, 5) is 11.7. The average molecular weight is 245 g/mol. The van der Waals surface area contributed by atoms with Crippen molar-refractivity contribution in [1.82, 2.24) is 5.32 Å². The minimum atomic E-state index is 0.0141. The van der Waals surface area contributed by atoms with Crippen LogP contribution in [0.15, 0.2) is 24.3 Å². The van der Waals surface area contributed by atoms with Crippen LogP contribution in [0, 0.1) is 12.3 Å². The van der Waals surface area contributed by atoms with E-state index in [9.17, 15) is 4.79 Å². The highest BCUT2D eigenvalue weighted by molar-refractivity contribution is 5.79. The molecule has 0 aliphatic rings. The first-order chi connectivity index (χ1) is 8.77. The molecule has 0 saturated carbocycles. The zero-order valence-corrected chi connectivity index (χ0v) is 10.7. The summed E-state index contributed by atoms with van der Waals surface area (Å²) in [5.74, 6) is 3.35. The zero-order valence-electron chi connectivity index (χ0n) is 10.7. The predicted molar refractivity (Wildman–Crippen MR) is 72.4 cm³/mol. The second-order valence-electron chi connectivity index (χ2n) is 4.00. The Morgan fingerprint density at radius 2 is 2.17 bits per heavy atom. The Morgan fingerprint density at radius 1 is 1.39 bits per heavy atom. The highest BCUT2D eigenvalue weighted by atomic mass is 16.5. The van der Waals surface area contributed by atoms with Crippen LogP contribution in [0.25, 0.3) is 0 Å². The van der Waals surface area contributed by atoms with Gasteiger partial charge in [-0.2, -0.15) is 0 Å². The van der Waals surface area contributed by atoms with Gasteiger partial charge in [0.25, 0.3) is 0 Å². The smallest absolute Gasteiger partial charge is 0.224 e. The summed E-state index contributed by atoms with van der Waals surface area (Å²) in [6, 6.07) is 7.55. The van der Waals surface area contributed by atoms with Crippen molar-refractivity contribution in [2.45, 2.75) is 25.7 Å². The highest BCUT2D eigenvalue weighted by Gasteiger charge is 2.07. The van der Waals surface area contributed by atoms with Crippen molar-refractivity contribution in [3.05, 3.63) is 29.8 Å². The Balaban J connectivity index is 2.33. The molecule has 18 heavy (non-hydrogen) atoms. The van der Waals surface area contributed by atoms with Gasteiger partial charge in [0.2, 0.25) is 5.91 Å². The Morgan fingerprint density at radius 3 is 2.89 bits per heavy atom. The monoisotopic (exact) mass is 245 g/mol. The first kappa shape index (κ1) is 14.1. The van der Waals surface area contributed by atoms with Gasteiger partial charge < -0.3 is 10.1 Å². The predicted octanol–water partition coefficient (Wildman–Crippen LogP) is 2.16. The molecule has 0 aliphatic carbocycles. The molecule has 0 fully saturated rings. The van der Waals surface area contributed by atoms with Gasteiger partial charge in [0.1, 0.15) is 5.75 Å². The molecule has 0 aromatic heterocycles. The molecule has 3 heteroatoms. The van der Waals surface area contributed by atoms with Gasteiger partial charge in [0, 0.05) is 18.5 Å². The van der Waals surface area contributed by atoms with Gasteiger partial charge in [-0.25, -0.2) is 0 Å². The number of unbranched alkanes of at least 4 members (excludes halogenated alkanes) is 2. The lowest BCUT2D eigenvalue weighted by Crippen LogP contribution is -2.26. The molecule has 96 valence electrons. The Kier molecular flexibility index (Phi) is 6.42. The maximum absolute atomic E-state index is 11.7. The van der Waals surface area contributed by atoms with Gasteiger partial charge in [0.05, 0.1) is 13.5 Å². The molecule has 0 aliphatic heterocycles. The van der Waals surface area contributed by atoms with Gasteiger partial charge in [-0.05, 0) is 18.9 Å². The summed E-state index contributed by atoms with van der Waals surface area (Å²) in [5.41, 5.74) is 0.904. The molecule has 0 spiro atoms. The highest BCUT2D eigenvalue weighted by Crippen LogP contribution is 2.17. The topological polar surface area (TPSA) is 38.3 Å². The van der Waals surface area contributed by atoms with E-state index >= 15 is 0 Å². The Hall–Kier alpha value is -1.95. The minimum Gasteiger partial charge on any atom is -0.496 e. The fraction of sp³-hybridized carbons (Fsp3) is 0.400. The maximum Gasteiger partial charge on any atom is 0.224 e. The lowest BCUT2D eigenvalue weighted by Gasteiger charge is -2.08. The normalized spacial score (nSPS) is 9.56. The van der Waals surface area contributed by atoms with Crippen LogP contribution in [0.2, 0.25) is 0 Å². The fourth-order valence-corrected chi connectivity index (χ4v) is 1.66. The molecule has 0 bridgehead atoms. The molecule has 0 radical (unpaired) electrons. The molecular weight excluding hydrogens is 226 g/mol. The summed E-state index contributed by atoms with van der Waals surface area (Å²) >= 11 is 0. The molecule has 1 aromatic rings. The average Bonchev–Trinajstić information content (AvgIpc) is 2.39. The van der Waals surface area contributed by atoms with Crippen molar-refractivity contribution < 1.29 is 9.53 Å². The summed E-state index contributed by atoms with van der Waals surface area (Å²) in [7, 11) is 1.61. The second-order valence-corrected chi connectivity index (χ2v) is 4.00. The number of hydrogen-bond acceptors (Lipinski definition) is 2. The summed E-state index contributed by atoms with van der Waals surface area (Å²) in [6.45, 7) is 0.676. The number of amides is 1. The van der Waals surface area contributed by atoms with E-state index in [-0.39, 0.29) is 5.91 Å². The molecule has 0 unspecified atom stereocenters. The van der Waals surface area contributed by atoms with Crippen LogP contribution in [-0.4, -0.2) is 19.6 Å². The second kappa shape index (κ2) is 8.19. The van der Waals surface area contributed by atoms with Crippen LogP contribution in [0.5, 0.6) is 5.75 Å². The first-order valence-electron chi connectivity index (χ1n) is 6.10. The summed E-state index contributed by atoms with van der Waals surface area (Å²) in [6.07, 6.45) is 8.13. The van der Waals surface area contributed by atoms with E-state index in [4.69, 9.17) is 11.2 Å². The van der Waals surface area contributed by atoms with Crippen molar-refractivity contribution >= 4 is 5.91 Å². The summed E-state index contributed by atoms with van der Waals surface area (Å²) < 4.78 is 5.20. The van der Waals surface area contributed by atoms with Crippen molar-refractivity contribution in [3.8, 4) is 18.1 Å². The standard InChI is InChI=1S/C15H19NO2/c1-3-4-5-8-11-16-15(17)12-13-9-6-7-10-14(13)18-2/h1,6-7,9-10H,4-5,8,11-12H2,2H3,(H,16,17). The number of benzene rings is 1. The fourth-order valence-electron chi connectivity index (χ4n) is 1.66. The van der Waals surface area contributed by atoms with Crippen LogP contribution in [0.3, 0.4) is 0 Å². The molecule has 1 aromatic carbocycles. The minimum absolute atomic E-state index is 0.0141. The third kappa shape index (κ3) is 4.92. The van der Waals surface area contributed by atoms with Crippen LogP contribution >= 0.6 is 0 Å². The number of carbonyl (C=O) groups excluding carboxylic acids is 1. The van der Waals surface area contributed by atoms with Gasteiger partial charge in [0.15, 0.2) is 0 Å². The molecule has 0 heterocycles. The zero-order chi connectivity index (χ0) is 13.2. The number of terminal acetylenes is 1. The number of carbonyl (C=O) groups is 1. The van der Waals surface area contributed by atoms with Crippen molar-refractivity contribution in [1.29, 1.82) is 0 Å². The van der Waals surface area contributed by atoms with Gasteiger partial charge in [-0.1, -0.05) is 18.2 Å². The lowest BCUT2D eigenvalue weighted by molar-refractivity contribution is -0.120. The third-order valence-corrected chi connectivity index (χ3v) is 2.61. The van der Waals surface area contributed by atoms with E-state index in [2.05, 4.69) is 11.2 Å². The van der Waals surface area contributed by atoms with E-state index in [1.165, 1.54) is 0 Å². The molecule has 3 nitrogen and oxygen atoms in total. The van der Waals surface area contributed by atoms with Crippen LogP contribution in [0.1, 0.15) is 24.8 Å². The largest absolute Gasteiger partial charge is 0.496 e. The van der Waals surface area contributed by atoms with Gasteiger partial charge in [-0.15, -0.1) is 12.3 Å².